The number of rotatable bonds is 5. The number of guanidine groups is 1. The van der Waals surface area contributed by atoms with Crippen LogP contribution in [0, 0.1) is 5.92 Å². The number of urea groups is 1. The minimum absolute atomic E-state index is 0.115. The lowest BCUT2D eigenvalue weighted by atomic mass is 9.79. The molecule has 3 amide bonds. The van der Waals surface area contributed by atoms with Crippen LogP contribution < -0.4 is 21.3 Å². The normalized spacial score (nSPS) is 23.8. The molecule has 27 heavy (non-hydrogen) atoms. The highest BCUT2D eigenvalue weighted by Crippen LogP contribution is 2.30. The number of imide groups is 1. The second kappa shape index (κ2) is 8.24. The average Bonchev–Trinajstić information content (AvgIpc) is 2.95. The zero-order valence-corrected chi connectivity index (χ0v) is 15.8. The van der Waals surface area contributed by atoms with Crippen LogP contribution in [0.5, 0.6) is 0 Å². The number of aliphatic imine (C=N–C) groups is 1. The van der Waals surface area contributed by atoms with Crippen LogP contribution >= 0.6 is 0 Å². The van der Waals surface area contributed by atoms with Gasteiger partial charge >= 0.3 is 6.03 Å². The number of nitrogens with one attached hydrogen (secondary N) is 4. The fraction of sp³-hybridized carbons (Fsp3) is 0.556. The van der Waals surface area contributed by atoms with E-state index in [4.69, 9.17) is 0 Å². The minimum Gasteiger partial charge on any atom is -0.368 e. The Kier molecular flexibility index (Phi) is 5.78. The van der Waals surface area contributed by atoms with Crippen LogP contribution in [0.15, 0.2) is 29.4 Å². The van der Waals surface area contributed by atoms with Gasteiger partial charge in [-0.3, -0.25) is 15.1 Å². The van der Waals surface area contributed by atoms with Crippen molar-refractivity contribution >= 4 is 23.7 Å². The molecule has 0 saturated carbocycles. The maximum Gasteiger partial charge on any atom is 0.322 e. The third kappa shape index (κ3) is 4.29. The second-order valence-electron chi connectivity index (χ2n) is 6.99. The summed E-state index contributed by atoms with van der Waals surface area (Å²) in [5.41, 5.74) is -0.813. The first-order valence-electron chi connectivity index (χ1n) is 9.27. The van der Waals surface area contributed by atoms with E-state index in [1.807, 2.05) is 25.1 Å². The van der Waals surface area contributed by atoms with E-state index in [0.717, 1.165) is 50.8 Å². The number of carbonyl (C=O) groups is 2. The fourth-order valence-corrected chi connectivity index (χ4v) is 3.68. The van der Waals surface area contributed by atoms with Crippen molar-refractivity contribution in [3.05, 3.63) is 24.4 Å². The first-order valence-corrected chi connectivity index (χ1v) is 9.27. The predicted molar refractivity (Wildman–Crippen MR) is 103 cm³/mol. The van der Waals surface area contributed by atoms with Crippen molar-refractivity contribution in [1.29, 1.82) is 0 Å². The molecule has 1 unspecified atom stereocenters. The van der Waals surface area contributed by atoms with Gasteiger partial charge in [-0.2, -0.15) is 0 Å². The average molecular weight is 373 g/mol. The zero-order valence-electron chi connectivity index (χ0n) is 15.8. The summed E-state index contributed by atoms with van der Waals surface area (Å²) in [6.45, 7) is 4.84. The van der Waals surface area contributed by atoms with Gasteiger partial charge < -0.3 is 20.9 Å². The number of hydrogen-bond acceptors (Lipinski definition) is 5. The Morgan fingerprint density at radius 3 is 2.70 bits per heavy atom. The first kappa shape index (κ1) is 18.9. The Bertz CT molecular complexity index is 701. The van der Waals surface area contributed by atoms with Crippen LogP contribution in [-0.4, -0.2) is 66.5 Å². The lowest BCUT2D eigenvalue weighted by Gasteiger charge is -2.39. The Morgan fingerprint density at radius 1 is 1.33 bits per heavy atom. The molecule has 9 nitrogen and oxygen atoms in total. The topological polar surface area (TPSA) is 111 Å². The highest BCUT2D eigenvalue weighted by atomic mass is 16.2. The highest BCUT2D eigenvalue weighted by molar-refractivity contribution is 6.07. The Balaban J connectivity index is 1.45. The minimum atomic E-state index is -0.813. The second-order valence-corrected chi connectivity index (χ2v) is 6.99. The summed E-state index contributed by atoms with van der Waals surface area (Å²) in [6.07, 6.45) is 3.39. The molecule has 2 aliphatic heterocycles. The van der Waals surface area contributed by atoms with E-state index < -0.39 is 11.6 Å². The molecule has 1 aromatic rings. The highest BCUT2D eigenvalue weighted by Gasteiger charge is 2.48. The van der Waals surface area contributed by atoms with Crippen LogP contribution in [-0.2, 0) is 4.79 Å². The molecular formula is C18H27N7O2. The summed E-state index contributed by atoms with van der Waals surface area (Å²) in [4.78, 5) is 34.4. The van der Waals surface area contributed by atoms with E-state index in [1.165, 1.54) is 0 Å². The molecule has 0 spiro atoms. The molecule has 9 heteroatoms. The molecule has 3 heterocycles. The van der Waals surface area contributed by atoms with E-state index in [0.29, 0.717) is 0 Å². The SMILES string of the molecule is CN=C(NCCNc1ccccn1)N1CCC(C2(C)NC(=O)NC2=O)CC1. The molecule has 146 valence electrons. The zero-order chi connectivity index (χ0) is 19.3. The number of piperidine rings is 1. The fourth-order valence-electron chi connectivity index (χ4n) is 3.68. The summed E-state index contributed by atoms with van der Waals surface area (Å²) in [7, 11) is 1.77. The number of carbonyl (C=O) groups excluding carboxylic acids is 2. The number of pyridine rings is 1. The third-order valence-corrected chi connectivity index (χ3v) is 5.27. The molecule has 1 aromatic heterocycles. The Morgan fingerprint density at radius 2 is 2.11 bits per heavy atom. The number of aromatic nitrogens is 1. The van der Waals surface area contributed by atoms with Gasteiger partial charge in [0.05, 0.1) is 0 Å². The van der Waals surface area contributed by atoms with Gasteiger partial charge in [-0.05, 0) is 37.8 Å². The monoisotopic (exact) mass is 373 g/mol. The number of likely N-dealkylation sites (tertiary alicyclic amines) is 1. The van der Waals surface area contributed by atoms with Gasteiger partial charge in [-0.15, -0.1) is 0 Å². The Hall–Kier alpha value is -2.84. The van der Waals surface area contributed by atoms with E-state index in [9.17, 15) is 9.59 Å². The van der Waals surface area contributed by atoms with Crippen molar-refractivity contribution in [3.63, 3.8) is 0 Å². The predicted octanol–water partition coefficient (Wildman–Crippen LogP) is 0.379. The Labute approximate surface area is 159 Å². The van der Waals surface area contributed by atoms with E-state index in [-0.39, 0.29) is 11.8 Å². The van der Waals surface area contributed by atoms with Crippen LogP contribution in [0.25, 0.3) is 0 Å². The largest absolute Gasteiger partial charge is 0.368 e. The molecule has 1 atom stereocenters. The van der Waals surface area contributed by atoms with Gasteiger partial charge in [-0.1, -0.05) is 6.07 Å². The number of hydrogen-bond donors (Lipinski definition) is 4. The molecule has 0 aliphatic carbocycles. The maximum atomic E-state index is 12.1. The molecule has 0 aromatic carbocycles. The molecule has 4 N–H and O–H groups in total. The lowest BCUT2D eigenvalue weighted by molar-refractivity contribution is -0.125. The number of nitrogens with zero attached hydrogens (tertiary/aromatic N) is 3. The quantitative estimate of drug-likeness (QED) is 0.257. The van der Waals surface area contributed by atoms with Crippen LogP contribution in [0.3, 0.4) is 0 Å². The van der Waals surface area contributed by atoms with Crippen LogP contribution in [0.4, 0.5) is 10.6 Å². The van der Waals surface area contributed by atoms with Gasteiger partial charge in [0.2, 0.25) is 0 Å². The van der Waals surface area contributed by atoms with E-state index >= 15 is 0 Å². The van der Waals surface area contributed by atoms with Crippen molar-refractivity contribution in [2.45, 2.75) is 25.3 Å². The molecule has 0 radical (unpaired) electrons. The molecule has 0 bridgehead atoms. The van der Waals surface area contributed by atoms with Gasteiger partial charge in [0.15, 0.2) is 5.96 Å². The number of anilines is 1. The van der Waals surface area contributed by atoms with E-state index in [1.54, 1.807) is 13.2 Å². The summed E-state index contributed by atoms with van der Waals surface area (Å²) in [6, 6.07) is 5.36. The summed E-state index contributed by atoms with van der Waals surface area (Å²) < 4.78 is 0. The van der Waals surface area contributed by atoms with Gasteiger partial charge in [0.25, 0.3) is 5.91 Å². The number of amides is 3. The standard InChI is InChI=1S/C18H27N7O2/c1-18(15(26)23-17(27)24-18)13-6-11-25(12-7-13)16(19-2)22-10-9-21-14-5-3-4-8-20-14/h3-5,8,13H,6-7,9-12H2,1-2H3,(H,19,22)(H,20,21)(H2,23,24,26,27). The van der Waals surface area contributed by atoms with Gasteiger partial charge in [0, 0.05) is 39.4 Å². The van der Waals surface area contributed by atoms with Crippen molar-refractivity contribution in [1.82, 2.24) is 25.8 Å². The van der Waals surface area contributed by atoms with Gasteiger partial charge in [-0.25, -0.2) is 9.78 Å². The van der Waals surface area contributed by atoms with Crippen molar-refractivity contribution in [2.75, 3.05) is 38.5 Å². The molecule has 2 saturated heterocycles. The van der Waals surface area contributed by atoms with Crippen molar-refractivity contribution in [3.8, 4) is 0 Å². The lowest BCUT2D eigenvalue weighted by Crippen LogP contribution is -2.55. The maximum absolute atomic E-state index is 12.1. The summed E-state index contributed by atoms with van der Waals surface area (Å²) >= 11 is 0. The van der Waals surface area contributed by atoms with Crippen molar-refractivity contribution < 1.29 is 9.59 Å². The molecule has 2 aliphatic rings. The van der Waals surface area contributed by atoms with Crippen molar-refractivity contribution in [2.24, 2.45) is 10.9 Å². The first-order chi connectivity index (χ1) is 13.0. The summed E-state index contributed by atoms with van der Waals surface area (Å²) in [5, 5.41) is 11.7. The van der Waals surface area contributed by atoms with Crippen LogP contribution in [0.1, 0.15) is 19.8 Å². The van der Waals surface area contributed by atoms with E-state index in [2.05, 4.69) is 36.1 Å². The molecule has 3 rings (SSSR count). The molecular weight excluding hydrogens is 346 g/mol. The van der Waals surface area contributed by atoms with Gasteiger partial charge in [0.1, 0.15) is 11.4 Å². The molecule has 2 fully saturated rings. The summed E-state index contributed by atoms with van der Waals surface area (Å²) in [5.74, 6) is 1.58. The smallest absolute Gasteiger partial charge is 0.322 e. The van der Waals surface area contributed by atoms with Crippen LogP contribution in [0.2, 0.25) is 0 Å². The third-order valence-electron chi connectivity index (χ3n) is 5.27.